The van der Waals surface area contributed by atoms with Crippen molar-refractivity contribution in [2.75, 3.05) is 0 Å². The summed E-state index contributed by atoms with van der Waals surface area (Å²) in [6, 6.07) is 0. The molecule has 1 aliphatic heterocycles. The molecule has 0 saturated carbocycles. The molecule has 1 aromatic rings. The van der Waals surface area contributed by atoms with Crippen molar-refractivity contribution in [1.29, 1.82) is 0 Å². The van der Waals surface area contributed by atoms with Crippen molar-refractivity contribution >= 4 is 28.9 Å². The van der Waals surface area contributed by atoms with Crippen LogP contribution >= 0.6 is 11.3 Å². The van der Waals surface area contributed by atoms with Gasteiger partial charge in [0.2, 0.25) is 5.91 Å². The summed E-state index contributed by atoms with van der Waals surface area (Å²) in [5.41, 5.74) is 4.36. The summed E-state index contributed by atoms with van der Waals surface area (Å²) in [7, 11) is 0. The second-order valence-corrected chi connectivity index (χ2v) is 4.21. The molecule has 2 heterocycles. The van der Waals surface area contributed by atoms with Gasteiger partial charge >= 0.3 is 0 Å². The van der Waals surface area contributed by atoms with Crippen LogP contribution in [-0.4, -0.2) is 22.5 Å². The number of nitrogens with zero attached hydrogens (tertiary/aromatic N) is 2. The lowest BCUT2D eigenvalue weighted by molar-refractivity contribution is -0.121. The summed E-state index contributed by atoms with van der Waals surface area (Å²) in [4.78, 5) is 27.3. The molecule has 0 saturated heterocycles. The maximum atomic E-state index is 11.6. The highest BCUT2D eigenvalue weighted by molar-refractivity contribution is 7.09. The molecule has 2 amide bonds. The van der Waals surface area contributed by atoms with Gasteiger partial charge in [0.1, 0.15) is 5.71 Å². The molecule has 2 rings (SSSR count). The Balaban J connectivity index is 1.86. The third-order valence-corrected chi connectivity index (χ3v) is 2.85. The van der Waals surface area contributed by atoms with Gasteiger partial charge in [-0.3, -0.25) is 14.6 Å². The van der Waals surface area contributed by atoms with Gasteiger partial charge in [0.05, 0.1) is 12.1 Å². The number of hydrogen-bond acceptors (Lipinski definition) is 5. The summed E-state index contributed by atoms with van der Waals surface area (Å²) in [5.74, 6) is -0.396. The summed E-state index contributed by atoms with van der Waals surface area (Å²) >= 11 is 1.48. The first-order valence-electron chi connectivity index (χ1n) is 4.76. The molecule has 0 spiro atoms. The van der Waals surface area contributed by atoms with Crippen LogP contribution in [0.3, 0.4) is 0 Å². The number of hydrogen-bond donors (Lipinski definition) is 2. The third kappa shape index (κ3) is 2.63. The first-order valence-corrected chi connectivity index (χ1v) is 5.64. The molecule has 0 unspecified atom stereocenters. The molecule has 0 bridgehead atoms. The van der Waals surface area contributed by atoms with E-state index in [1.54, 1.807) is 11.7 Å². The van der Waals surface area contributed by atoms with Gasteiger partial charge < -0.3 is 5.32 Å². The lowest BCUT2D eigenvalue weighted by atomic mass is 10.1. The molecule has 6 nitrogen and oxygen atoms in total. The van der Waals surface area contributed by atoms with E-state index in [0.29, 0.717) is 25.1 Å². The molecule has 0 radical (unpaired) electrons. The average molecular weight is 238 g/mol. The van der Waals surface area contributed by atoms with Crippen LogP contribution in [0.4, 0.5) is 0 Å². The average Bonchev–Trinajstić information content (AvgIpc) is 2.80. The van der Waals surface area contributed by atoms with E-state index < -0.39 is 0 Å². The minimum Gasteiger partial charge on any atom is -0.346 e. The maximum Gasteiger partial charge on any atom is 0.267 e. The molecule has 1 aromatic heterocycles. The number of carbonyl (C=O) groups excluding carboxylic acids is 2. The molecular weight excluding hydrogens is 228 g/mol. The number of hydrazone groups is 1. The predicted molar refractivity (Wildman–Crippen MR) is 58.8 cm³/mol. The monoisotopic (exact) mass is 238 g/mol. The van der Waals surface area contributed by atoms with Crippen LogP contribution in [0.25, 0.3) is 0 Å². The Kier molecular flexibility index (Phi) is 3.25. The van der Waals surface area contributed by atoms with Crippen LogP contribution in [0.2, 0.25) is 0 Å². The van der Waals surface area contributed by atoms with E-state index in [0.717, 1.165) is 4.88 Å². The van der Waals surface area contributed by atoms with E-state index in [2.05, 4.69) is 20.8 Å². The summed E-state index contributed by atoms with van der Waals surface area (Å²) < 4.78 is 0. The summed E-state index contributed by atoms with van der Waals surface area (Å²) in [6.07, 6.45) is 2.41. The third-order valence-electron chi connectivity index (χ3n) is 2.07. The predicted octanol–water partition coefficient (Wildman–Crippen LogP) is 0.0253. The second kappa shape index (κ2) is 4.84. The fourth-order valence-corrected chi connectivity index (χ4v) is 1.77. The lowest BCUT2D eigenvalue weighted by Gasteiger charge is -2.11. The van der Waals surface area contributed by atoms with Crippen LogP contribution < -0.4 is 10.7 Å². The number of aromatic nitrogens is 1. The number of carbonyl (C=O) groups is 2. The lowest BCUT2D eigenvalue weighted by Crippen LogP contribution is -2.36. The second-order valence-electron chi connectivity index (χ2n) is 3.24. The Morgan fingerprint density at radius 2 is 2.44 bits per heavy atom. The minimum absolute atomic E-state index is 0.154. The minimum atomic E-state index is -0.242. The molecular formula is C9H10N4O2S. The van der Waals surface area contributed by atoms with Gasteiger partial charge in [-0.1, -0.05) is 0 Å². The van der Waals surface area contributed by atoms with Crippen molar-refractivity contribution in [3.63, 3.8) is 0 Å². The van der Waals surface area contributed by atoms with Crippen LogP contribution in [0.1, 0.15) is 17.7 Å². The number of amides is 2. The topological polar surface area (TPSA) is 83.5 Å². The SMILES string of the molecule is O=C1CCC(C(=O)NCc2cncs2)=NN1. The molecule has 0 aromatic carbocycles. The standard InChI is InChI=1S/C9H10N4O2S/c14-8-2-1-7(12-13-8)9(15)11-4-6-3-10-5-16-6/h3,5H,1-2,4H2,(H,11,15)(H,13,14). The zero-order valence-corrected chi connectivity index (χ0v) is 9.21. The van der Waals surface area contributed by atoms with Crippen LogP contribution in [0.15, 0.2) is 16.8 Å². The van der Waals surface area contributed by atoms with Crippen molar-refractivity contribution in [1.82, 2.24) is 15.7 Å². The Morgan fingerprint density at radius 3 is 3.06 bits per heavy atom. The van der Waals surface area contributed by atoms with E-state index in [1.165, 1.54) is 11.3 Å². The normalized spacial score (nSPS) is 15.2. The molecule has 84 valence electrons. The smallest absolute Gasteiger partial charge is 0.267 e. The van der Waals surface area contributed by atoms with Crippen molar-refractivity contribution < 1.29 is 9.59 Å². The molecule has 2 N–H and O–H groups in total. The van der Waals surface area contributed by atoms with Gasteiger partial charge in [0.25, 0.3) is 5.91 Å². The van der Waals surface area contributed by atoms with E-state index in [-0.39, 0.29) is 11.8 Å². The van der Waals surface area contributed by atoms with Gasteiger partial charge in [0.15, 0.2) is 0 Å². The molecule has 0 fully saturated rings. The van der Waals surface area contributed by atoms with Crippen molar-refractivity contribution in [2.45, 2.75) is 19.4 Å². The Hall–Kier alpha value is -1.76. The summed E-state index contributed by atoms with van der Waals surface area (Å²) in [6.45, 7) is 0.441. The molecule has 16 heavy (non-hydrogen) atoms. The summed E-state index contributed by atoms with van der Waals surface area (Å²) in [5, 5.41) is 6.42. The van der Waals surface area contributed by atoms with Crippen LogP contribution in [0.5, 0.6) is 0 Å². The first-order chi connectivity index (χ1) is 7.75. The quantitative estimate of drug-likeness (QED) is 0.779. The Morgan fingerprint density at radius 1 is 1.56 bits per heavy atom. The van der Waals surface area contributed by atoms with Gasteiger partial charge in [-0.25, -0.2) is 5.43 Å². The van der Waals surface area contributed by atoms with Gasteiger partial charge in [-0.2, -0.15) is 5.10 Å². The molecule has 1 aliphatic rings. The van der Waals surface area contributed by atoms with Crippen LogP contribution in [0, 0.1) is 0 Å². The maximum absolute atomic E-state index is 11.6. The van der Waals surface area contributed by atoms with E-state index in [1.807, 2.05) is 0 Å². The highest BCUT2D eigenvalue weighted by Gasteiger charge is 2.17. The van der Waals surface area contributed by atoms with Crippen LogP contribution in [-0.2, 0) is 16.1 Å². The molecule has 0 aliphatic carbocycles. The fourth-order valence-electron chi connectivity index (χ4n) is 1.24. The molecule has 7 heteroatoms. The fraction of sp³-hybridized carbons (Fsp3) is 0.333. The highest BCUT2D eigenvalue weighted by Crippen LogP contribution is 2.05. The first kappa shape index (κ1) is 10.7. The largest absolute Gasteiger partial charge is 0.346 e. The number of thiazole rings is 1. The highest BCUT2D eigenvalue weighted by atomic mass is 32.1. The van der Waals surface area contributed by atoms with Gasteiger partial charge in [-0.05, 0) is 0 Å². The van der Waals surface area contributed by atoms with E-state index in [9.17, 15) is 9.59 Å². The van der Waals surface area contributed by atoms with Gasteiger partial charge in [-0.15, -0.1) is 11.3 Å². The van der Waals surface area contributed by atoms with Gasteiger partial charge in [0, 0.05) is 23.9 Å². The zero-order chi connectivity index (χ0) is 11.4. The molecule has 0 atom stereocenters. The Labute approximate surface area is 95.8 Å². The number of nitrogens with one attached hydrogen (secondary N) is 2. The Bertz CT molecular complexity index is 427. The van der Waals surface area contributed by atoms with E-state index >= 15 is 0 Å². The van der Waals surface area contributed by atoms with Crippen molar-refractivity contribution in [3.05, 3.63) is 16.6 Å². The van der Waals surface area contributed by atoms with E-state index in [4.69, 9.17) is 0 Å². The number of rotatable bonds is 3. The van der Waals surface area contributed by atoms with Crippen molar-refractivity contribution in [3.8, 4) is 0 Å². The zero-order valence-electron chi connectivity index (χ0n) is 8.40. The van der Waals surface area contributed by atoms with Crippen molar-refractivity contribution in [2.24, 2.45) is 5.10 Å².